The summed E-state index contributed by atoms with van der Waals surface area (Å²) in [6.07, 6.45) is 2.28. The van der Waals surface area contributed by atoms with E-state index in [9.17, 15) is 14.4 Å². The monoisotopic (exact) mass is 374 g/mol. The smallest absolute Gasteiger partial charge is 0.313 e. The predicted octanol–water partition coefficient (Wildman–Crippen LogP) is 3.11. The molecule has 1 atom stereocenters. The molecule has 0 radical (unpaired) electrons. The van der Waals surface area contributed by atoms with Gasteiger partial charge < -0.3 is 15.0 Å². The van der Waals surface area contributed by atoms with Gasteiger partial charge in [-0.25, -0.2) is 0 Å². The van der Waals surface area contributed by atoms with Gasteiger partial charge in [0, 0.05) is 18.8 Å². The molecule has 0 bridgehead atoms. The third kappa shape index (κ3) is 5.55. The second-order valence-electron chi connectivity index (χ2n) is 7.95. The van der Waals surface area contributed by atoms with Gasteiger partial charge in [0.15, 0.2) is 0 Å². The van der Waals surface area contributed by atoms with Gasteiger partial charge in [0.1, 0.15) is 0 Å². The normalized spacial score (nSPS) is 17.8. The van der Waals surface area contributed by atoms with Crippen LogP contribution in [0, 0.1) is 5.92 Å². The maximum Gasteiger partial charge on any atom is 0.313 e. The van der Waals surface area contributed by atoms with E-state index >= 15 is 0 Å². The molecule has 2 rings (SSSR count). The quantitative estimate of drug-likeness (QED) is 0.651. The van der Waals surface area contributed by atoms with Crippen molar-refractivity contribution in [1.82, 2.24) is 4.90 Å². The van der Waals surface area contributed by atoms with Crippen molar-refractivity contribution >= 4 is 23.5 Å². The summed E-state index contributed by atoms with van der Waals surface area (Å²) in [5.41, 5.74) is 1.44. The van der Waals surface area contributed by atoms with E-state index in [1.807, 2.05) is 18.2 Å². The molecule has 0 aromatic heterocycles. The highest BCUT2D eigenvalue weighted by Crippen LogP contribution is 2.29. The van der Waals surface area contributed by atoms with Gasteiger partial charge in [-0.3, -0.25) is 14.4 Å². The highest BCUT2D eigenvalue weighted by molar-refractivity contribution is 6.39. The third-order valence-electron chi connectivity index (χ3n) is 4.76. The second-order valence-corrected chi connectivity index (χ2v) is 7.95. The summed E-state index contributed by atoms with van der Waals surface area (Å²) in [5.74, 6) is -1.94. The van der Waals surface area contributed by atoms with Crippen molar-refractivity contribution in [2.24, 2.45) is 5.92 Å². The Bertz CT molecular complexity index is 694. The molecule has 6 nitrogen and oxygen atoms in total. The van der Waals surface area contributed by atoms with Gasteiger partial charge in [-0.05, 0) is 36.8 Å². The first-order valence-corrected chi connectivity index (χ1v) is 9.60. The first kappa shape index (κ1) is 20.9. The first-order chi connectivity index (χ1) is 12.7. The summed E-state index contributed by atoms with van der Waals surface area (Å²) >= 11 is 0. The SMILES string of the molecule is CCOC(=O)C1CCCCN(C(=O)C(=O)Nc2ccccc2C(C)(C)C)C1. The average molecular weight is 374 g/mol. The number of amides is 2. The molecule has 1 aromatic carbocycles. The largest absolute Gasteiger partial charge is 0.466 e. The standard InChI is InChI=1S/C21H30N2O4/c1-5-27-20(26)15-10-8-9-13-23(14-15)19(25)18(24)22-17-12-7-6-11-16(17)21(2,3)4/h6-7,11-12,15H,5,8-10,13-14H2,1-4H3,(H,22,24). The zero-order valence-corrected chi connectivity index (χ0v) is 16.7. The maximum absolute atomic E-state index is 12.7. The topological polar surface area (TPSA) is 75.7 Å². The Labute approximate surface area is 161 Å². The molecule has 27 heavy (non-hydrogen) atoms. The lowest BCUT2D eigenvalue weighted by atomic mass is 9.86. The highest BCUT2D eigenvalue weighted by Gasteiger charge is 2.31. The number of benzene rings is 1. The van der Waals surface area contributed by atoms with Crippen molar-refractivity contribution in [2.45, 2.75) is 52.4 Å². The highest BCUT2D eigenvalue weighted by atomic mass is 16.5. The van der Waals surface area contributed by atoms with Gasteiger partial charge >= 0.3 is 17.8 Å². The van der Waals surface area contributed by atoms with Gasteiger partial charge in [-0.2, -0.15) is 0 Å². The fourth-order valence-electron chi connectivity index (χ4n) is 3.34. The van der Waals surface area contributed by atoms with Crippen LogP contribution in [0.1, 0.15) is 52.5 Å². The molecule has 2 amide bonds. The number of likely N-dealkylation sites (tertiary alicyclic amines) is 1. The number of ether oxygens (including phenoxy) is 1. The first-order valence-electron chi connectivity index (χ1n) is 9.60. The fourth-order valence-corrected chi connectivity index (χ4v) is 3.34. The Kier molecular flexibility index (Phi) is 6.99. The van der Waals surface area contributed by atoms with Crippen molar-refractivity contribution in [3.63, 3.8) is 0 Å². The number of carbonyl (C=O) groups is 3. The Morgan fingerprint density at radius 1 is 1.19 bits per heavy atom. The number of hydrogen-bond acceptors (Lipinski definition) is 4. The number of nitrogens with zero attached hydrogens (tertiary/aromatic N) is 1. The van der Waals surface area contributed by atoms with Crippen LogP contribution >= 0.6 is 0 Å². The molecule has 1 aliphatic heterocycles. The molecular weight excluding hydrogens is 344 g/mol. The van der Waals surface area contributed by atoms with Crippen LogP contribution in [0.5, 0.6) is 0 Å². The van der Waals surface area contributed by atoms with Gasteiger partial charge in [0.25, 0.3) is 0 Å². The lowest BCUT2D eigenvalue weighted by molar-refractivity contribution is -0.150. The summed E-state index contributed by atoms with van der Waals surface area (Å²) in [5, 5.41) is 2.76. The van der Waals surface area contributed by atoms with Crippen LogP contribution in [0.25, 0.3) is 0 Å². The molecule has 0 saturated carbocycles. The van der Waals surface area contributed by atoms with Crippen LogP contribution in [-0.2, 0) is 24.5 Å². The molecule has 148 valence electrons. The molecule has 1 unspecified atom stereocenters. The molecule has 1 heterocycles. The van der Waals surface area contributed by atoms with Crippen LogP contribution in [0.2, 0.25) is 0 Å². The van der Waals surface area contributed by atoms with Crippen molar-refractivity contribution in [3.05, 3.63) is 29.8 Å². The van der Waals surface area contributed by atoms with Crippen LogP contribution < -0.4 is 5.32 Å². The molecule has 1 fully saturated rings. The number of anilines is 1. The van der Waals surface area contributed by atoms with Crippen LogP contribution in [0.3, 0.4) is 0 Å². The fraction of sp³-hybridized carbons (Fsp3) is 0.571. The predicted molar refractivity (Wildman–Crippen MR) is 104 cm³/mol. The van der Waals surface area contributed by atoms with E-state index in [1.165, 1.54) is 4.90 Å². The number of hydrogen-bond donors (Lipinski definition) is 1. The van der Waals surface area contributed by atoms with Crippen LogP contribution in [0.15, 0.2) is 24.3 Å². The van der Waals surface area contributed by atoms with Crippen molar-refractivity contribution < 1.29 is 19.1 Å². The van der Waals surface area contributed by atoms with E-state index in [4.69, 9.17) is 4.74 Å². The Hall–Kier alpha value is -2.37. The minimum absolute atomic E-state index is 0.162. The maximum atomic E-state index is 12.7. The van der Waals surface area contributed by atoms with E-state index < -0.39 is 11.8 Å². The van der Waals surface area contributed by atoms with E-state index in [1.54, 1.807) is 13.0 Å². The van der Waals surface area contributed by atoms with E-state index in [0.717, 1.165) is 18.4 Å². The minimum Gasteiger partial charge on any atom is -0.466 e. The Morgan fingerprint density at radius 3 is 2.56 bits per heavy atom. The second kappa shape index (κ2) is 9.02. The molecule has 1 aromatic rings. The summed E-state index contributed by atoms with van der Waals surface area (Å²) in [4.78, 5) is 38.8. The molecular formula is C21H30N2O4. The van der Waals surface area contributed by atoms with E-state index in [0.29, 0.717) is 25.3 Å². The van der Waals surface area contributed by atoms with Crippen molar-refractivity contribution in [3.8, 4) is 0 Å². The lowest BCUT2D eigenvalue weighted by Crippen LogP contribution is -2.43. The molecule has 0 spiro atoms. The van der Waals surface area contributed by atoms with Gasteiger partial charge in [-0.15, -0.1) is 0 Å². The molecule has 1 saturated heterocycles. The number of carbonyl (C=O) groups excluding carboxylic acids is 3. The molecule has 1 aliphatic rings. The lowest BCUT2D eigenvalue weighted by Gasteiger charge is -2.25. The zero-order chi connectivity index (χ0) is 20.0. The average Bonchev–Trinajstić information content (AvgIpc) is 2.87. The number of esters is 1. The minimum atomic E-state index is -0.670. The van der Waals surface area contributed by atoms with Gasteiger partial charge in [-0.1, -0.05) is 45.4 Å². The van der Waals surface area contributed by atoms with Crippen LogP contribution in [0.4, 0.5) is 5.69 Å². The molecule has 1 N–H and O–H groups in total. The summed E-state index contributed by atoms with van der Waals surface area (Å²) in [6.45, 7) is 8.94. The zero-order valence-electron chi connectivity index (χ0n) is 16.7. The number of rotatable bonds is 3. The van der Waals surface area contributed by atoms with E-state index in [-0.39, 0.29) is 23.8 Å². The summed E-state index contributed by atoms with van der Waals surface area (Å²) in [7, 11) is 0. The van der Waals surface area contributed by atoms with Crippen molar-refractivity contribution in [2.75, 3.05) is 25.0 Å². The van der Waals surface area contributed by atoms with Gasteiger partial charge in [0.05, 0.1) is 12.5 Å². The number of nitrogens with one attached hydrogen (secondary N) is 1. The molecule has 6 heteroatoms. The Balaban J connectivity index is 2.10. The van der Waals surface area contributed by atoms with Crippen molar-refractivity contribution in [1.29, 1.82) is 0 Å². The number of para-hydroxylation sites is 1. The summed E-state index contributed by atoms with van der Waals surface area (Å²) < 4.78 is 5.10. The van der Waals surface area contributed by atoms with E-state index in [2.05, 4.69) is 26.1 Å². The molecule has 0 aliphatic carbocycles. The third-order valence-corrected chi connectivity index (χ3v) is 4.76. The summed E-state index contributed by atoms with van der Waals surface area (Å²) in [6, 6.07) is 7.49. The van der Waals surface area contributed by atoms with Crippen LogP contribution in [-0.4, -0.2) is 42.4 Å². The Morgan fingerprint density at radius 2 is 1.89 bits per heavy atom. The van der Waals surface area contributed by atoms with Gasteiger partial charge in [0.2, 0.25) is 0 Å².